The summed E-state index contributed by atoms with van der Waals surface area (Å²) in [6, 6.07) is 30.6. The number of aliphatic hydroxyl groups excluding tert-OH is 1. The molecule has 0 bridgehead atoms. The van der Waals surface area contributed by atoms with Gasteiger partial charge in [0.05, 0.1) is 18.2 Å². The summed E-state index contributed by atoms with van der Waals surface area (Å²) < 4.78 is 0. The van der Waals surface area contributed by atoms with Crippen LogP contribution in [-0.4, -0.2) is 35.6 Å². The van der Waals surface area contributed by atoms with Gasteiger partial charge in [-0.2, -0.15) is 0 Å². The molecule has 0 spiro atoms. The Bertz CT molecular complexity index is 1500. The first kappa shape index (κ1) is 31.7. The van der Waals surface area contributed by atoms with Gasteiger partial charge in [-0.25, -0.2) is 0 Å². The minimum absolute atomic E-state index is 0.0310. The molecular formula is C37H43N3O3. The van der Waals surface area contributed by atoms with Gasteiger partial charge in [0, 0.05) is 23.7 Å². The van der Waals surface area contributed by atoms with Gasteiger partial charge in [-0.3, -0.25) is 9.59 Å². The largest absolute Gasteiger partial charge is 0.390 e. The van der Waals surface area contributed by atoms with Crippen molar-refractivity contribution in [2.75, 3.05) is 6.54 Å². The zero-order chi connectivity index (χ0) is 30.9. The van der Waals surface area contributed by atoms with Crippen molar-refractivity contribution in [2.45, 2.75) is 65.3 Å². The molecule has 0 saturated heterocycles. The van der Waals surface area contributed by atoms with Crippen LogP contribution >= 0.6 is 0 Å². The van der Waals surface area contributed by atoms with E-state index in [0.29, 0.717) is 24.1 Å². The summed E-state index contributed by atoms with van der Waals surface area (Å²) in [6.07, 6.45) is -0.387. The Labute approximate surface area is 255 Å². The standard InChI is InChI=1S/C37H43N3O3/c1-24-11-15-30(16-12-24)27(4)38-23-35(41)34(21-29-9-7-6-8-10-29)40-37(43)33-20-26(3)19-32(22-33)36(42)39-28(5)31-17-13-25(2)14-18-31/h6-20,22,27-28,34-35,38,41H,21,23H2,1-5H3,(H,39,42)(H,40,43)/t27-,28-,34+,35-/m1/s1. The Morgan fingerprint density at radius 3 is 1.72 bits per heavy atom. The fraction of sp³-hybridized carbons (Fsp3) is 0.297. The normalized spacial score (nSPS) is 13.9. The average molecular weight is 578 g/mol. The van der Waals surface area contributed by atoms with Crippen molar-refractivity contribution >= 4 is 11.8 Å². The third-order valence-electron chi connectivity index (χ3n) is 7.82. The number of hydrogen-bond acceptors (Lipinski definition) is 4. The maximum atomic E-state index is 13.6. The Hall–Kier alpha value is -4.26. The van der Waals surface area contributed by atoms with Crippen LogP contribution in [0.15, 0.2) is 97.1 Å². The van der Waals surface area contributed by atoms with Crippen LogP contribution < -0.4 is 16.0 Å². The number of amides is 2. The lowest BCUT2D eigenvalue weighted by Gasteiger charge is -2.26. The molecule has 4 rings (SSSR count). The second-order valence-corrected chi connectivity index (χ2v) is 11.6. The number of carbonyl (C=O) groups is 2. The molecule has 4 aromatic rings. The van der Waals surface area contributed by atoms with E-state index in [2.05, 4.69) is 54.1 Å². The summed E-state index contributed by atoms with van der Waals surface area (Å²) in [5.74, 6) is -0.586. The molecule has 6 nitrogen and oxygen atoms in total. The van der Waals surface area contributed by atoms with Gasteiger partial charge in [-0.05, 0) is 81.5 Å². The molecule has 4 aromatic carbocycles. The van der Waals surface area contributed by atoms with E-state index in [-0.39, 0.29) is 23.9 Å². The van der Waals surface area contributed by atoms with Gasteiger partial charge in [0.25, 0.3) is 11.8 Å². The first-order chi connectivity index (χ1) is 20.6. The Kier molecular flexibility index (Phi) is 10.9. The number of benzene rings is 4. The van der Waals surface area contributed by atoms with Crippen molar-refractivity contribution in [2.24, 2.45) is 0 Å². The highest BCUT2D eigenvalue weighted by Crippen LogP contribution is 2.17. The summed E-state index contributed by atoms with van der Waals surface area (Å²) in [6.45, 7) is 10.2. The monoisotopic (exact) mass is 577 g/mol. The summed E-state index contributed by atoms with van der Waals surface area (Å²) in [4.78, 5) is 26.8. The van der Waals surface area contributed by atoms with Crippen molar-refractivity contribution in [3.8, 4) is 0 Å². The molecule has 0 radical (unpaired) electrons. The molecule has 2 amide bonds. The van der Waals surface area contributed by atoms with Gasteiger partial charge >= 0.3 is 0 Å². The second-order valence-electron chi connectivity index (χ2n) is 11.6. The van der Waals surface area contributed by atoms with Gasteiger partial charge in [0.1, 0.15) is 0 Å². The minimum atomic E-state index is -0.847. The van der Waals surface area contributed by atoms with Crippen LogP contribution in [0, 0.1) is 20.8 Å². The third kappa shape index (κ3) is 9.11. The molecule has 6 heteroatoms. The minimum Gasteiger partial charge on any atom is -0.390 e. The van der Waals surface area contributed by atoms with Crippen molar-refractivity contribution < 1.29 is 14.7 Å². The summed E-state index contributed by atoms with van der Waals surface area (Å²) >= 11 is 0. The molecule has 0 fully saturated rings. The number of hydrogen-bond donors (Lipinski definition) is 4. The molecule has 224 valence electrons. The first-order valence-corrected chi connectivity index (χ1v) is 14.9. The molecule has 0 aromatic heterocycles. The zero-order valence-electron chi connectivity index (χ0n) is 25.7. The van der Waals surface area contributed by atoms with Crippen LogP contribution in [0.1, 0.15) is 80.0 Å². The predicted molar refractivity (Wildman–Crippen MR) is 173 cm³/mol. The first-order valence-electron chi connectivity index (χ1n) is 14.9. The van der Waals surface area contributed by atoms with Crippen LogP contribution in [-0.2, 0) is 6.42 Å². The van der Waals surface area contributed by atoms with Crippen molar-refractivity contribution in [3.63, 3.8) is 0 Å². The summed E-state index contributed by atoms with van der Waals surface area (Å²) in [7, 11) is 0. The lowest BCUT2D eigenvalue weighted by molar-refractivity contribution is 0.0825. The van der Waals surface area contributed by atoms with Crippen molar-refractivity contribution in [3.05, 3.63) is 142 Å². The number of rotatable bonds is 12. The predicted octanol–water partition coefficient (Wildman–Crippen LogP) is 6.16. The highest BCUT2D eigenvalue weighted by molar-refractivity contribution is 6.00. The fourth-order valence-corrected chi connectivity index (χ4v) is 5.08. The van der Waals surface area contributed by atoms with Gasteiger partial charge in [0.15, 0.2) is 0 Å². The molecule has 0 unspecified atom stereocenters. The maximum absolute atomic E-state index is 13.6. The topological polar surface area (TPSA) is 90.5 Å². The molecule has 0 aliphatic rings. The number of nitrogens with one attached hydrogen (secondary N) is 3. The van der Waals surface area contributed by atoms with E-state index in [4.69, 9.17) is 0 Å². The zero-order valence-corrected chi connectivity index (χ0v) is 25.7. The molecule has 0 aliphatic carbocycles. The van der Waals surface area contributed by atoms with Gasteiger partial charge in [-0.1, -0.05) is 90.0 Å². The van der Waals surface area contributed by atoms with E-state index in [1.165, 1.54) is 5.56 Å². The van der Waals surface area contributed by atoms with Gasteiger partial charge < -0.3 is 21.1 Å². The molecule has 4 atom stereocenters. The van der Waals surface area contributed by atoms with E-state index in [0.717, 1.165) is 27.8 Å². The third-order valence-corrected chi connectivity index (χ3v) is 7.82. The SMILES string of the molecule is Cc1ccc([C@@H](C)NC[C@@H](O)[C@H](Cc2ccccc2)NC(=O)c2cc(C)cc(C(=O)N[C@H](C)c3ccc(C)cc3)c2)cc1. The molecule has 0 aliphatic heterocycles. The fourth-order valence-electron chi connectivity index (χ4n) is 5.08. The molecule has 43 heavy (non-hydrogen) atoms. The second kappa shape index (κ2) is 14.8. The molecular weight excluding hydrogens is 534 g/mol. The maximum Gasteiger partial charge on any atom is 0.251 e. The van der Waals surface area contributed by atoms with E-state index in [9.17, 15) is 14.7 Å². The highest BCUT2D eigenvalue weighted by Gasteiger charge is 2.24. The lowest BCUT2D eigenvalue weighted by atomic mass is 9.99. The van der Waals surface area contributed by atoms with E-state index in [1.807, 2.05) is 75.4 Å². The lowest BCUT2D eigenvalue weighted by Crippen LogP contribution is -2.49. The summed E-state index contributed by atoms with van der Waals surface area (Å²) in [5, 5.41) is 20.8. The molecule has 0 saturated carbocycles. The molecule has 0 heterocycles. The quantitative estimate of drug-likeness (QED) is 0.162. The van der Waals surface area contributed by atoms with E-state index in [1.54, 1.807) is 18.2 Å². The number of aryl methyl sites for hydroxylation is 3. The van der Waals surface area contributed by atoms with Crippen LogP contribution in [0.4, 0.5) is 0 Å². The van der Waals surface area contributed by atoms with Crippen LogP contribution in [0.2, 0.25) is 0 Å². The summed E-state index contributed by atoms with van der Waals surface area (Å²) in [5.41, 5.74) is 7.08. The van der Waals surface area contributed by atoms with Crippen molar-refractivity contribution in [1.29, 1.82) is 0 Å². The Morgan fingerprint density at radius 1 is 0.651 bits per heavy atom. The van der Waals surface area contributed by atoms with Crippen molar-refractivity contribution in [1.82, 2.24) is 16.0 Å². The average Bonchev–Trinajstić information content (AvgIpc) is 3.00. The van der Waals surface area contributed by atoms with Gasteiger partial charge in [-0.15, -0.1) is 0 Å². The molecule has 4 N–H and O–H groups in total. The van der Waals surface area contributed by atoms with Crippen LogP contribution in [0.25, 0.3) is 0 Å². The Morgan fingerprint density at radius 2 is 1.16 bits per heavy atom. The Balaban J connectivity index is 1.47. The number of carbonyl (C=O) groups excluding carboxylic acids is 2. The van der Waals surface area contributed by atoms with E-state index >= 15 is 0 Å². The highest BCUT2D eigenvalue weighted by atomic mass is 16.3. The number of aliphatic hydroxyl groups is 1. The van der Waals surface area contributed by atoms with E-state index < -0.39 is 12.1 Å². The van der Waals surface area contributed by atoms with Crippen LogP contribution in [0.5, 0.6) is 0 Å². The van der Waals surface area contributed by atoms with Gasteiger partial charge in [0.2, 0.25) is 0 Å². The van der Waals surface area contributed by atoms with Crippen LogP contribution in [0.3, 0.4) is 0 Å². The smallest absolute Gasteiger partial charge is 0.251 e.